The van der Waals surface area contributed by atoms with Crippen LogP contribution in [-0.2, 0) is 0 Å². The Morgan fingerprint density at radius 1 is 1.00 bits per heavy atom. The summed E-state index contributed by atoms with van der Waals surface area (Å²) in [5.74, 6) is 0. The van der Waals surface area contributed by atoms with Gasteiger partial charge in [0.15, 0.2) is 0 Å². The Balaban J connectivity index is 4.50. The summed E-state index contributed by atoms with van der Waals surface area (Å²) in [4.78, 5) is 2.56. The van der Waals surface area contributed by atoms with E-state index in [1.54, 1.807) is 0 Å². The van der Waals surface area contributed by atoms with Crippen LogP contribution in [-0.4, -0.2) is 30.1 Å². The van der Waals surface area contributed by atoms with Crippen molar-refractivity contribution in [2.24, 2.45) is 5.73 Å². The molecule has 0 aromatic carbocycles. The zero-order valence-electron chi connectivity index (χ0n) is 9.77. The number of nitrogens with zero attached hydrogens (tertiary/aromatic N) is 1. The Morgan fingerprint density at radius 3 is 1.69 bits per heavy atom. The first-order valence-corrected chi connectivity index (χ1v) is 5.65. The molecule has 0 fully saturated rings. The van der Waals surface area contributed by atoms with Gasteiger partial charge in [0.1, 0.15) is 0 Å². The number of hydrogen-bond donors (Lipinski definition) is 1. The Morgan fingerprint density at radius 2 is 1.46 bits per heavy atom. The minimum atomic E-state index is 0.359. The molecular weight excluding hydrogens is 160 g/mol. The molecule has 80 valence electrons. The van der Waals surface area contributed by atoms with Crippen LogP contribution in [0.15, 0.2) is 0 Å². The maximum atomic E-state index is 5.69. The highest BCUT2D eigenvalue weighted by molar-refractivity contribution is 4.87. The number of nitrogens with two attached hydrogens (primary N) is 1. The third-order valence-corrected chi connectivity index (χ3v) is 3.36. The molecule has 0 aromatic rings. The van der Waals surface area contributed by atoms with Crippen molar-refractivity contribution in [3.63, 3.8) is 0 Å². The summed E-state index contributed by atoms with van der Waals surface area (Å²) < 4.78 is 0. The zero-order valence-corrected chi connectivity index (χ0v) is 9.77. The van der Waals surface area contributed by atoms with Crippen LogP contribution in [0.3, 0.4) is 0 Å². The summed E-state index contributed by atoms with van der Waals surface area (Å²) in [5, 5.41) is 0. The normalized spacial score (nSPS) is 12.5. The monoisotopic (exact) mass is 186 g/mol. The van der Waals surface area contributed by atoms with Gasteiger partial charge in [0.05, 0.1) is 0 Å². The minimum absolute atomic E-state index is 0.359. The molecule has 0 saturated heterocycles. The lowest BCUT2D eigenvalue weighted by atomic mass is 9.87. The fraction of sp³-hybridized carbons (Fsp3) is 1.00. The van der Waals surface area contributed by atoms with E-state index in [1.807, 2.05) is 0 Å². The first-order chi connectivity index (χ1) is 6.20. The van der Waals surface area contributed by atoms with Crippen LogP contribution in [0, 0.1) is 0 Å². The third-order valence-electron chi connectivity index (χ3n) is 3.36. The Bertz CT molecular complexity index is 115. The quantitative estimate of drug-likeness (QED) is 0.660. The second-order valence-corrected chi connectivity index (χ2v) is 3.64. The fourth-order valence-corrected chi connectivity index (χ4v) is 2.37. The first-order valence-electron chi connectivity index (χ1n) is 5.65. The predicted molar refractivity (Wildman–Crippen MR) is 59.9 cm³/mol. The van der Waals surface area contributed by atoms with Gasteiger partial charge in [0.2, 0.25) is 0 Å². The Labute approximate surface area is 83.5 Å². The molecule has 0 unspecified atom stereocenters. The van der Waals surface area contributed by atoms with Gasteiger partial charge in [-0.25, -0.2) is 0 Å². The molecule has 0 aliphatic rings. The van der Waals surface area contributed by atoms with E-state index in [2.05, 4.69) is 32.6 Å². The molecule has 0 heterocycles. The Hall–Kier alpha value is -0.0800. The van der Waals surface area contributed by atoms with E-state index in [-0.39, 0.29) is 0 Å². The third kappa shape index (κ3) is 2.96. The molecule has 0 spiro atoms. The Kier molecular flexibility index (Phi) is 6.35. The largest absolute Gasteiger partial charge is 0.330 e. The number of rotatable bonds is 7. The molecule has 0 aliphatic heterocycles. The molecule has 0 atom stereocenters. The lowest BCUT2D eigenvalue weighted by Gasteiger charge is -2.42. The van der Waals surface area contributed by atoms with Crippen molar-refractivity contribution in [3.05, 3.63) is 0 Å². The van der Waals surface area contributed by atoms with Gasteiger partial charge in [0, 0.05) is 5.54 Å². The van der Waals surface area contributed by atoms with E-state index >= 15 is 0 Å². The molecule has 0 rings (SSSR count). The zero-order chi connectivity index (χ0) is 10.3. The highest BCUT2D eigenvalue weighted by atomic mass is 15.2. The van der Waals surface area contributed by atoms with E-state index in [0.29, 0.717) is 5.54 Å². The van der Waals surface area contributed by atoms with Crippen LogP contribution >= 0.6 is 0 Å². The van der Waals surface area contributed by atoms with Crippen LogP contribution in [0.25, 0.3) is 0 Å². The molecule has 0 radical (unpaired) electrons. The van der Waals surface area contributed by atoms with Crippen LogP contribution in [0.5, 0.6) is 0 Å². The highest BCUT2D eigenvalue weighted by Gasteiger charge is 2.30. The molecule has 0 amide bonds. The first kappa shape index (κ1) is 12.9. The average molecular weight is 186 g/mol. The summed E-state index contributed by atoms with van der Waals surface area (Å²) >= 11 is 0. The molecular formula is C11H26N2. The van der Waals surface area contributed by atoms with Crippen molar-refractivity contribution in [1.29, 1.82) is 0 Å². The highest BCUT2D eigenvalue weighted by Crippen LogP contribution is 2.26. The topological polar surface area (TPSA) is 29.3 Å². The van der Waals surface area contributed by atoms with Crippen LogP contribution in [0.1, 0.15) is 47.0 Å². The molecule has 0 bridgehead atoms. The van der Waals surface area contributed by atoms with Crippen molar-refractivity contribution < 1.29 is 0 Å². The molecule has 0 saturated carbocycles. The van der Waals surface area contributed by atoms with E-state index in [0.717, 1.165) is 26.1 Å². The predicted octanol–water partition coefficient (Wildman–Crippen LogP) is 2.24. The maximum absolute atomic E-state index is 5.69. The summed E-state index contributed by atoms with van der Waals surface area (Å²) in [5.41, 5.74) is 6.05. The van der Waals surface area contributed by atoms with Crippen molar-refractivity contribution in [1.82, 2.24) is 4.90 Å². The van der Waals surface area contributed by atoms with Gasteiger partial charge in [-0.15, -0.1) is 0 Å². The summed E-state index contributed by atoms with van der Waals surface area (Å²) in [6.45, 7) is 12.1. The van der Waals surface area contributed by atoms with Crippen LogP contribution < -0.4 is 5.73 Å². The van der Waals surface area contributed by atoms with E-state index in [1.165, 1.54) is 12.8 Å². The summed E-state index contributed by atoms with van der Waals surface area (Å²) in [6, 6.07) is 0. The SMILES string of the molecule is CCN(CC)C(CC)(CC)CCN. The van der Waals surface area contributed by atoms with Crippen molar-refractivity contribution in [3.8, 4) is 0 Å². The average Bonchev–Trinajstić information content (AvgIpc) is 2.18. The molecule has 0 aromatic heterocycles. The van der Waals surface area contributed by atoms with Gasteiger partial charge in [0.25, 0.3) is 0 Å². The van der Waals surface area contributed by atoms with E-state index in [9.17, 15) is 0 Å². The molecule has 2 N–H and O–H groups in total. The van der Waals surface area contributed by atoms with Crippen molar-refractivity contribution in [2.75, 3.05) is 19.6 Å². The second kappa shape index (κ2) is 6.39. The molecule has 2 nitrogen and oxygen atoms in total. The van der Waals surface area contributed by atoms with Gasteiger partial charge < -0.3 is 5.73 Å². The van der Waals surface area contributed by atoms with Gasteiger partial charge >= 0.3 is 0 Å². The number of hydrogen-bond acceptors (Lipinski definition) is 2. The van der Waals surface area contributed by atoms with Crippen LogP contribution in [0.2, 0.25) is 0 Å². The summed E-state index contributed by atoms with van der Waals surface area (Å²) in [6.07, 6.45) is 3.55. The van der Waals surface area contributed by atoms with Crippen LogP contribution in [0.4, 0.5) is 0 Å². The van der Waals surface area contributed by atoms with Crippen molar-refractivity contribution in [2.45, 2.75) is 52.5 Å². The van der Waals surface area contributed by atoms with Crippen molar-refractivity contribution >= 4 is 0 Å². The summed E-state index contributed by atoms with van der Waals surface area (Å²) in [7, 11) is 0. The van der Waals surface area contributed by atoms with Gasteiger partial charge in [-0.1, -0.05) is 27.7 Å². The molecule has 2 heteroatoms. The fourth-order valence-electron chi connectivity index (χ4n) is 2.37. The lowest BCUT2D eigenvalue weighted by molar-refractivity contribution is 0.0827. The smallest absolute Gasteiger partial charge is 0.0216 e. The van der Waals surface area contributed by atoms with Gasteiger partial charge in [-0.3, -0.25) is 4.90 Å². The minimum Gasteiger partial charge on any atom is -0.330 e. The standard InChI is InChI=1S/C11H26N2/c1-5-11(6-2,9-10-12)13(7-3)8-4/h5-10,12H2,1-4H3. The van der Waals surface area contributed by atoms with Gasteiger partial charge in [-0.05, 0) is 38.9 Å². The lowest BCUT2D eigenvalue weighted by Crippen LogP contribution is -2.49. The van der Waals surface area contributed by atoms with Gasteiger partial charge in [-0.2, -0.15) is 0 Å². The van der Waals surface area contributed by atoms with E-state index < -0.39 is 0 Å². The maximum Gasteiger partial charge on any atom is 0.0216 e. The van der Waals surface area contributed by atoms with E-state index in [4.69, 9.17) is 5.73 Å². The molecule has 0 aliphatic carbocycles. The second-order valence-electron chi connectivity index (χ2n) is 3.64. The molecule has 13 heavy (non-hydrogen) atoms.